The van der Waals surface area contributed by atoms with Gasteiger partial charge in [0.2, 0.25) is 0 Å². The van der Waals surface area contributed by atoms with Gasteiger partial charge in [-0.05, 0) is 71.3 Å². The van der Waals surface area contributed by atoms with Crippen LogP contribution >= 0.6 is 11.8 Å². The molecule has 0 aliphatic heterocycles. The third-order valence-electron chi connectivity index (χ3n) is 3.64. The first kappa shape index (κ1) is 16.5. The highest BCUT2D eigenvalue weighted by molar-refractivity contribution is 7.98. The predicted molar refractivity (Wildman–Crippen MR) is 87.0 cm³/mol. The summed E-state index contributed by atoms with van der Waals surface area (Å²) in [4.78, 5) is 3.72. The summed E-state index contributed by atoms with van der Waals surface area (Å²) in [5, 5.41) is 3.60. The summed E-state index contributed by atoms with van der Waals surface area (Å²) >= 11 is 1.79. The van der Waals surface area contributed by atoms with E-state index in [1.165, 1.54) is 16.9 Å². The fourth-order valence-electron chi connectivity index (χ4n) is 1.92. The second-order valence-electron chi connectivity index (χ2n) is 5.38. The van der Waals surface area contributed by atoms with E-state index < -0.39 is 0 Å². The Morgan fingerprint density at radius 1 is 1.16 bits per heavy atom. The van der Waals surface area contributed by atoms with Crippen molar-refractivity contribution in [1.82, 2.24) is 10.2 Å². The fourth-order valence-corrected chi connectivity index (χ4v) is 2.32. The van der Waals surface area contributed by atoms with Crippen molar-refractivity contribution in [2.45, 2.75) is 44.2 Å². The third-order valence-corrected chi connectivity index (χ3v) is 4.38. The molecule has 108 valence electrons. The highest BCUT2D eigenvalue weighted by atomic mass is 32.2. The quantitative estimate of drug-likeness (QED) is 0.576. The van der Waals surface area contributed by atoms with Gasteiger partial charge in [-0.1, -0.05) is 12.1 Å². The summed E-state index contributed by atoms with van der Waals surface area (Å²) in [5.41, 5.74) is 1.37. The normalized spacial score (nSPS) is 13.2. The molecule has 1 atom stereocenters. The van der Waals surface area contributed by atoms with Gasteiger partial charge in [-0.15, -0.1) is 11.8 Å². The second kappa shape index (κ2) is 8.62. The van der Waals surface area contributed by atoms with Crippen LogP contribution < -0.4 is 5.32 Å². The molecule has 0 radical (unpaired) electrons. The predicted octanol–water partition coefficient (Wildman–Crippen LogP) is 3.79. The molecule has 0 aliphatic carbocycles. The molecule has 0 aromatic heterocycles. The Morgan fingerprint density at radius 3 is 2.32 bits per heavy atom. The van der Waals surface area contributed by atoms with E-state index in [4.69, 9.17) is 0 Å². The lowest BCUT2D eigenvalue weighted by Crippen LogP contribution is -2.30. The first-order valence-corrected chi connectivity index (χ1v) is 8.34. The maximum absolute atomic E-state index is 3.60. The minimum Gasteiger partial charge on any atom is -0.310 e. The van der Waals surface area contributed by atoms with Crippen molar-refractivity contribution in [2.24, 2.45) is 0 Å². The van der Waals surface area contributed by atoms with Crippen molar-refractivity contribution in [3.8, 4) is 0 Å². The van der Waals surface area contributed by atoms with Crippen LogP contribution in [0.25, 0.3) is 0 Å². The molecule has 2 nitrogen and oxygen atoms in total. The van der Waals surface area contributed by atoms with Crippen LogP contribution in [0.5, 0.6) is 0 Å². The molecule has 0 amide bonds. The molecule has 0 spiro atoms. The van der Waals surface area contributed by atoms with Crippen molar-refractivity contribution in [2.75, 3.05) is 26.4 Å². The topological polar surface area (TPSA) is 15.3 Å². The van der Waals surface area contributed by atoms with Crippen molar-refractivity contribution >= 4 is 11.8 Å². The lowest BCUT2D eigenvalue weighted by Gasteiger charge is -2.21. The summed E-state index contributed by atoms with van der Waals surface area (Å²) in [6, 6.07) is 9.92. The third kappa shape index (κ3) is 5.98. The van der Waals surface area contributed by atoms with E-state index in [0.29, 0.717) is 12.1 Å². The minimum absolute atomic E-state index is 0.431. The summed E-state index contributed by atoms with van der Waals surface area (Å²) in [5.74, 6) is 0. The van der Waals surface area contributed by atoms with Crippen LogP contribution in [0.15, 0.2) is 29.2 Å². The largest absolute Gasteiger partial charge is 0.310 e. The van der Waals surface area contributed by atoms with Crippen LogP contribution in [0, 0.1) is 0 Å². The molecule has 0 heterocycles. The standard InChI is InChI=1S/C16H28N2S/c1-13(2)18(4)12-6-11-17-14(3)15-7-9-16(19-5)10-8-15/h7-10,13-14,17H,6,11-12H2,1-5H3. The van der Waals surface area contributed by atoms with Gasteiger partial charge in [0.25, 0.3) is 0 Å². The van der Waals surface area contributed by atoms with Gasteiger partial charge in [0.05, 0.1) is 0 Å². The van der Waals surface area contributed by atoms with E-state index in [1.54, 1.807) is 11.8 Å². The summed E-state index contributed by atoms with van der Waals surface area (Å²) in [7, 11) is 2.19. The van der Waals surface area contributed by atoms with E-state index in [1.807, 2.05) is 0 Å². The number of thioether (sulfide) groups is 1. The van der Waals surface area contributed by atoms with Crippen LogP contribution in [-0.2, 0) is 0 Å². The van der Waals surface area contributed by atoms with E-state index >= 15 is 0 Å². The average Bonchev–Trinajstić information content (AvgIpc) is 2.43. The SMILES string of the molecule is CSc1ccc(C(C)NCCCN(C)C(C)C)cc1. The van der Waals surface area contributed by atoms with Gasteiger partial charge in [-0.25, -0.2) is 0 Å². The Hall–Kier alpha value is -0.510. The number of nitrogens with one attached hydrogen (secondary N) is 1. The Bertz CT molecular complexity index is 348. The zero-order chi connectivity index (χ0) is 14.3. The van der Waals surface area contributed by atoms with Gasteiger partial charge in [0, 0.05) is 17.0 Å². The number of rotatable bonds is 8. The van der Waals surface area contributed by atoms with Crippen molar-refractivity contribution in [1.29, 1.82) is 0 Å². The van der Waals surface area contributed by atoms with Gasteiger partial charge in [0.1, 0.15) is 0 Å². The molecule has 0 saturated heterocycles. The second-order valence-corrected chi connectivity index (χ2v) is 6.26. The Kier molecular flexibility index (Phi) is 7.51. The van der Waals surface area contributed by atoms with Gasteiger partial charge >= 0.3 is 0 Å². The highest BCUT2D eigenvalue weighted by Crippen LogP contribution is 2.18. The summed E-state index contributed by atoms with van der Waals surface area (Å²) in [6.07, 6.45) is 3.31. The van der Waals surface area contributed by atoms with Gasteiger partial charge in [-0.3, -0.25) is 0 Å². The molecular formula is C16H28N2S. The van der Waals surface area contributed by atoms with Crippen molar-refractivity contribution < 1.29 is 0 Å². The summed E-state index contributed by atoms with van der Waals surface area (Å²) < 4.78 is 0. The molecule has 1 N–H and O–H groups in total. The zero-order valence-electron chi connectivity index (χ0n) is 12.9. The lowest BCUT2D eigenvalue weighted by atomic mass is 10.1. The first-order valence-electron chi connectivity index (χ1n) is 7.12. The van der Waals surface area contributed by atoms with Gasteiger partial charge in [0.15, 0.2) is 0 Å². The molecule has 0 aliphatic rings. The molecule has 1 rings (SSSR count). The zero-order valence-corrected chi connectivity index (χ0v) is 13.8. The molecular weight excluding hydrogens is 252 g/mol. The number of hydrogen-bond donors (Lipinski definition) is 1. The molecule has 1 aromatic rings. The number of benzene rings is 1. The molecule has 19 heavy (non-hydrogen) atoms. The maximum atomic E-state index is 3.60. The van der Waals surface area contributed by atoms with Crippen LogP contribution in [0.3, 0.4) is 0 Å². The molecule has 0 saturated carbocycles. The van der Waals surface area contributed by atoms with E-state index in [-0.39, 0.29) is 0 Å². The Labute approximate surface area is 123 Å². The molecule has 0 bridgehead atoms. The van der Waals surface area contributed by atoms with E-state index in [9.17, 15) is 0 Å². The highest BCUT2D eigenvalue weighted by Gasteiger charge is 2.05. The van der Waals surface area contributed by atoms with E-state index in [0.717, 1.165) is 13.1 Å². The Morgan fingerprint density at radius 2 is 1.79 bits per heavy atom. The maximum Gasteiger partial charge on any atom is 0.0291 e. The monoisotopic (exact) mass is 280 g/mol. The van der Waals surface area contributed by atoms with Crippen LogP contribution in [0.4, 0.5) is 0 Å². The first-order chi connectivity index (χ1) is 9.04. The lowest BCUT2D eigenvalue weighted by molar-refractivity contribution is 0.268. The smallest absolute Gasteiger partial charge is 0.0291 e. The molecule has 0 fully saturated rings. The Balaban J connectivity index is 2.28. The summed E-state index contributed by atoms with van der Waals surface area (Å²) in [6.45, 7) is 8.94. The van der Waals surface area contributed by atoms with E-state index in [2.05, 4.69) is 68.6 Å². The number of hydrogen-bond acceptors (Lipinski definition) is 3. The van der Waals surface area contributed by atoms with Crippen LogP contribution in [-0.4, -0.2) is 37.3 Å². The van der Waals surface area contributed by atoms with Gasteiger partial charge < -0.3 is 10.2 Å². The van der Waals surface area contributed by atoms with Crippen LogP contribution in [0.1, 0.15) is 38.8 Å². The van der Waals surface area contributed by atoms with Crippen LogP contribution in [0.2, 0.25) is 0 Å². The van der Waals surface area contributed by atoms with Crippen molar-refractivity contribution in [3.05, 3.63) is 29.8 Å². The van der Waals surface area contributed by atoms with Gasteiger partial charge in [-0.2, -0.15) is 0 Å². The van der Waals surface area contributed by atoms with Crippen molar-refractivity contribution in [3.63, 3.8) is 0 Å². The fraction of sp³-hybridized carbons (Fsp3) is 0.625. The molecule has 1 unspecified atom stereocenters. The number of nitrogens with zero attached hydrogens (tertiary/aromatic N) is 1. The molecule has 1 aromatic carbocycles. The minimum atomic E-state index is 0.431. The molecule has 3 heteroatoms. The average molecular weight is 280 g/mol.